The van der Waals surface area contributed by atoms with Gasteiger partial charge in [-0.1, -0.05) is 29.8 Å². The zero-order chi connectivity index (χ0) is 20.9. The van der Waals surface area contributed by atoms with E-state index in [1.807, 2.05) is 18.2 Å². The Morgan fingerprint density at radius 1 is 1.07 bits per heavy atom. The van der Waals surface area contributed by atoms with Gasteiger partial charge in [0, 0.05) is 56.2 Å². The standard InChI is InChI=1S/C22H23ClFN5O/c23-19-4-2-1-3-17(19)15-28-12-10-21-27-26-20(29(21)14-13-28)9-11-25-22(30)16-5-7-18(24)8-6-16/h1-8H,9-15H2,(H,25,30). The highest BCUT2D eigenvalue weighted by Gasteiger charge is 2.19. The van der Waals surface area contributed by atoms with Crippen molar-refractivity contribution in [2.45, 2.75) is 25.9 Å². The molecule has 2 aromatic carbocycles. The average Bonchev–Trinajstić information content (AvgIpc) is 3.02. The van der Waals surface area contributed by atoms with Gasteiger partial charge < -0.3 is 9.88 Å². The second-order valence-corrected chi connectivity index (χ2v) is 7.72. The number of amides is 1. The van der Waals surface area contributed by atoms with Gasteiger partial charge in [0.15, 0.2) is 0 Å². The minimum atomic E-state index is -0.360. The van der Waals surface area contributed by atoms with Gasteiger partial charge >= 0.3 is 0 Å². The zero-order valence-electron chi connectivity index (χ0n) is 16.5. The van der Waals surface area contributed by atoms with Crippen molar-refractivity contribution in [2.24, 2.45) is 0 Å². The summed E-state index contributed by atoms with van der Waals surface area (Å²) in [5.41, 5.74) is 1.56. The predicted octanol–water partition coefficient (Wildman–Crippen LogP) is 3.10. The van der Waals surface area contributed by atoms with Crippen molar-refractivity contribution < 1.29 is 9.18 Å². The molecular weight excluding hydrogens is 405 g/mol. The highest BCUT2D eigenvalue weighted by Crippen LogP contribution is 2.19. The van der Waals surface area contributed by atoms with Crippen molar-refractivity contribution in [2.75, 3.05) is 19.6 Å². The summed E-state index contributed by atoms with van der Waals surface area (Å²) in [6.45, 7) is 3.82. The molecule has 0 saturated heterocycles. The van der Waals surface area contributed by atoms with Crippen molar-refractivity contribution in [3.05, 3.63) is 82.1 Å². The van der Waals surface area contributed by atoms with E-state index in [1.165, 1.54) is 24.3 Å². The van der Waals surface area contributed by atoms with Crippen LogP contribution in [0.5, 0.6) is 0 Å². The molecule has 4 rings (SSSR count). The molecule has 0 spiro atoms. The Kier molecular flexibility index (Phi) is 6.40. The summed E-state index contributed by atoms with van der Waals surface area (Å²) in [6, 6.07) is 13.4. The maximum Gasteiger partial charge on any atom is 0.251 e. The maximum absolute atomic E-state index is 13.0. The van der Waals surface area contributed by atoms with Crippen LogP contribution in [0.15, 0.2) is 48.5 Å². The Hall–Kier alpha value is -2.77. The van der Waals surface area contributed by atoms with Crippen LogP contribution in [0.25, 0.3) is 0 Å². The van der Waals surface area contributed by atoms with Gasteiger partial charge in [-0.2, -0.15) is 0 Å². The van der Waals surface area contributed by atoms with E-state index in [1.54, 1.807) is 0 Å². The summed E-state index contributed by atoms with van der Waals surface area (Å²) in [5, 5.41) is 12.3. The minimum absolute atomic E-state index is 0.225. The van der Waals surface area contributed by atoms with Crippen LogP contribution < -0.4 is 5.32 Å². The highest BCUT2D eigenvalue weighted by molar-refractivity contribution is 6.31. The number of aromatic nitrogens is 3. The Morgan fingerprint density at radius 2 is 1.87 bits per heavy atom. The molecule has 156 valence electrons. The fourth-order valence-corrected chi connectivity index (χ4v) is 3.82. The van der Waals surface area contributed by atoms with E-state index >= 15 is 0 Å². The molecular formula is C22H23ClFN5O. The lowest BCUT2D eigenvalue weighted by Gasteiger charge is -2.20. The highest BCUT2D eigenvalue weighted by atomic mass is 35.5. The molecule has 30 heavy (non-hydrogen) atoms. The maximum atomic E-state index is 13.0. The van der Waals surface area contributed by atoms with Crippen molar-refractivity contribution in [3.8, 4) is 0 Å². The van der Waals surface area contributed by atoms with Crippen LogP contribution in [0.2, 0.25) is 5.02 Å². The molecule has 8 heteroatoms. The Balaban J connectivity index is 1.32. The number of halogens is 2. The third-order valence-electron chi connectivity index (χ3n) is 5.29. The molecule has 1 N–H and O–H groups in total. The van der Waals surface area contributed by atoms with E-state index in [0.717, 1.165) is 54.8 Å². The summed E-state index contributed by atoms with van der Waals surface area (Å²) in [4.78, 5) is 14.5. The fraction of sp³-hybridized carbons (Fsp3) is 0.318. The summed E-state index contributed by atoms with van der Waals surface area (Å²) >= 11 is 6.30. The van der Waals surface area contributed by atoms with Crippen LogP contribution in [0.3, 0.4) is 0 Å². The second kappa shape index (κ2) is 9.36. The summed E-state index contributed by atoms with van der Waals surface area (Å²) < 4.78 is 15.1. The zero-order valence-corrected chi connectivity index (χ0v) is 17.3. The number of benzene rings is 2. The largest absolute Gasteiger partial charge is 0.352 e. The van der Waals surface area contributed by atoms with Gasteiger partial charge in [0.05, 0.1) is 0 Å². The van der Waals surface area contributed by atoms with Gasteiger partial charge in [-0.15, -0.1) is 10.2 Å². The number of nitrogens with zero attached hydrogens (tertiary/aromatic N) is 4. The SMILES string of the molecule is O=C(NCCc1nnc2n1CCN(Cc1ccccc1Cl)CC2)c1ccc(F)cc1. The smallest absolute Gasteiger partial charge is 0.251 e. The van der Waals surface area contributed by atoms with E-state index in [9.17, 15) is 9.18 Å². The first-order valence-electron chi connectivity index (χ1n) is 10.0. The molecule has 0 aliphatic carbocycles. The molecule has 1 aliphatic rings. The van der Waals surface area contributed by atoms with Gasteiger partial charge in [-0.3, -0.25) is 9.69 Å². The molecule has 1 amide bonds. The van der Waals surface area contributed by atoms with Crippen molar-refractivity contribution >= 4 is 17.5 Å². The van der Waals surface area contributed by atoms with E-state index in [-0.39, 0.29) is 11.7 Å². The molecule has 0 fully saturated rings. The molecule has 6 nitrogen and oxygen atoms in total. The Bertz CT molecular complexity index is 1020. The first kappa shape index (κ1) is 20.5. The first-order valence-corrected chi connectivity index (χ1v) is 10.4. The molecule has 0 saturated carbocycles. The number of nitrogens with one attached hydrogen (secondary N) is 1. The molecule has 0 atom stereocenters. The van der Waals surface area contributed by atoms with Gasteiger partial charge in [0.25, 0.3) is 5.91 Å². The van der Waals surface area contributed by atoms with Crippen LogP contribution in [0.4, 0.5) is 4.39 Å². The molecule has 0 radical (unpaired) electrons. The van der Waals surface area contributed by atoms with Crippen molar-refractivity contribution in [3.63, 3.8) is 0 Å². The van der Waals surface area contributed by atoms with Crippen LogP contribution >= 0.6 is 11.6 Å². The van der Waals surface area contributed by atoms with Gasteiger partial charge in [-0.05, 0) is 35.9 Å². The van der Waals surface area contributed by atoms with Crippen LogP contribution in [0.1, 0.15) is 27.6 Å². The van der Waals surface area contributed by atoms with Crippen molar-refractivity contribution in [1.82, 2.24) is 25.0 Å². The minimum Gasteiger partial charge on any atom is -0.352 e. The van der Waals surface area contributed by atoms with E-state index in [2.05, 4.69) is 31.0 Å². The van der Waals surface area contributed by atoms with Crippen LogP contribution in [-0.2, 0) is 25.9 Å². The first-order chi connectivity index (χ1) is 14.6. The topological polar surface area (TPSA) is 63.1 Å². The summed E-state index contributed by atoms with van der Waals surface area (Å²) in [6.07, 6.45) is 1.41. The molecule has 1 aromatic heterocycles. The molecule has 1 aliphatic heterocycles. The monoisotopic (exact) mass is 427 g/mol. The fourth-order valence-electron chi connectivity index (χ4n) is 3.63. The number of hydrogen-bond acceptors (Lipinski definition) is 4. The van der Waals surface area contributed by atoms with Gasteiger partial charge in [0.1, 0.15) is 17.5 Å². The van der Waals surface area contributed by atoms with E-state index in [0.29, 0.717) is 18.5 Å². The Morgan fingerprint density at radius 3 is 2.67 bits per heavy atom. The van der Waals surface area contributed by atoms with Crippen LogP contribution in [-0.4, -0.2) is 45.2 Å². The third-order valence-corrected chi connectivity index (χ3v) is 5.66. The quantitative estimate of drug-likeness (QED) is 0.656. The van der Waals surface area contributed by atoms with Crippen molar-refractivity contribution in [1.29, 1.82) is 0 Å². The predicted molar refractivity (Wildman–Crippen MR) is 113 cm³/mol. The Labute approximate surface area is 179 Å². The lowest BCUT2D eigenvalue weighted by atomic mass is 10.2. The molecule has 0 bridgehead atoms. The number of rotatable bonds is 6. The average molecular weight is 428 g/mol. The molecule has 0 unspecified atom stereocenters. The van der Waals surface area contributed by atoms with Gasteiger partial charge in [0.2, 0.25) is 0 Å². The number of carbonyl (C=O) groups excluding carboxylic acids is 1. The van der Waals surface area contributed by atoms with Crippen LogP contribution in [0, 0.1) is 5.82 Å². The van der Waals surface area contributed by atoms with E-state index < -0.39 is 0 Å². The lowest BCUT2D eigenvalue weighted by molar-refractivity contribution is 0.0954. The molecule has 2 heterocycles. The third kappa shape index (κ3) is 4.86. The van der Waals surface area contributed by atoms with E-state index in [4.69, 9.17) is 11.6 Å². The summed E-state index contributed by atoms with van der Waals surface area (Å²) in [7, 11) is 0. The number of carbonyl (C=O) groups is 1. The summed E-state index contributed by atoms with van der Waals surface area (Å²) in [5.74, 6) is 1.25. The number of hydrogen-bond donors (Lipinski definition) is 1. The van der Waals surface area contributed by atoms with Gasteiger partial charge in [-0.25, -0.2) is 4.39 Å². The lowest BCUT2D eigenvalue weighted by Crippen LogP contribution is -2.28. The normalized spacial score (nSPS) is 14.2. The number of fused-ring (bicyclic) bond motifs is 1. The molecule has 3 aromatic rings. The second-order valence-electron chi connectivity index (χ2n) is 7.31.